The van der Waals surface area contributed by atoms with Crippen molar-refractivity contribution in [3.8, 4) is 0 Å². The SMILES string of the molecule is CCCCC/C=C\C/C=C\C/C=C\CCCCCCCCC(=O)OC(COCCCCCCCC)COP(=O)([O-])OCC[N+](C)(C)C. The van der Waals surface area contributed by atoms with E-state index in [4.69, 9.17) is 18.5 Å². The van der Waals surface area contributed by atoms with Crippen LogP contribution in [0.2, 0.25) is 0 Å². The third kappa shape index (κ3) is 35.8. The Morgan fingerprint density at radius 2 is 1.17 bits per heavy atom. The van der Waals surface area contributed by atoms with Crippen LogP contribution in [-0.2, 0) is 27.9 Å². The number of phosphoric ester groups is 1. The first-order valence-corrected chi connectivity index (χ1v) is 20.2. The molecule has 2 atom stereocenters. The van der Waals surface area contributed by atoms with Crippen LogP contribution in [0.15, 0.2) is 36.5 Å². The third-order valence-corrected chi connectivity index (χ3v) is 8.66. The zero-order chi connectivity index (χ0) is 34.9. The Bertz CT molecular complexity index is 853. The number of allylic oxidation sites excluding steroid dienone is 6. The maximum Gasteiger partial charge on any atom is 0.306 e. The Kier molecular flexibility index (Phi) is 31.1. The van der Waals surface area contributed by atoms with Crippen LogP contribution in [0.4, 0.5) is 0 Å². The highest BCUT2D eigenvalue weighted by atomic mass is 31.2. The Hall–Kier alpha value is -1.28. The van der Waals surface area contributed by atoms with Gasteiger partial charge < -0.3 is 27.9 Å². The van der Waals surface area contributed by atoms with Gasteiger partial charge in [-0.15, -0.1) is 0 Å². The second-order valence-corrected chi connectivity index (χ2v) is 15.0. The van der Waals surface area contributed by atoms with E-state index >= 15 is 0 Å². The normalized spacial score (nSPS) is 14.4. The van der Waals surface area contributed by atoms with Crippen LogP contribution in [-0.4, -0.2) is 70.7 Å². The van der Waals surface area contributed by atoms with Crippen LogP contribution >= 0.6 is 7.82 Å². The van der Waals surface area contributed by atoms with Gasteiger partial charge in [0.2, 0.25) is 0 Å². The first-order valence-electron chi connectivity index (χ1n) is 18.7. The summed E-state index contributed by atoms with van der Waals surface area (Å²) in [5, 5.41) is 0. The van der Waals surface area contributed by atoms with Crippen LogP contribution < -0.4 is 4.89 Å². The smallest absolute Gasteiger partial charge is 0.306 e. The third-order valence-electron chi connectivity index (χ3n) is 7.69. The Morgan fingerprint density at radius 3 is 1.79 bits per heavy atom. The molecule has 9 heteroatoms. The quantitative estimate of drug-likeness (QED) is 0.0219. The molecule has 2 unspecified atom stereocenters. The molecule has 0 N–H and O–H groups in total. The van der Waals surface area contributed by atoms with Crippen molar-refractivity contribution in [3.05, 3.63) is 36.5 Å². The molecule has 0 spiro atoms. The minimum Gasteiger partial charge on any atom is -0.756 e. The molecule has 0 aliphatic rings. The van der Waals surface area contributed by atoms with Gasteiger partial charge in [-0.25, -0.2) is 0 Å². The molecular formula is C38H72NO7P. The van der Waals surface area contributed by atoms with Crippen LogP contribution in [0.25, 0.3) is 0 Å². The molecule has 47 heavy (non-hydrogen) atoms. The van der Waals surface area contributed by atoms with Crippen LogP contribution in [0.5, 0.6) is 0 Å². The molecule has 8 nitrogen and oxygen atoms in total. The largest absolute Gasteiger partial charge is 0.756 e. The zero-order valence-electron chi connectivity index (χ0n) is 31.0. The number of ether oxygens (including phenoxy) is 2. The monoisotopic (exact) mass is 686 g/mol. The van der Waals surface area contributed by atoms with Crippen LogP contribution in [0, 0.1) is 0 Å². The number of quaternary nitrogens is 1. The molecule has 0 aromatic carbocycles. The van der Waals surface area contributed by atoms with E-state index in [1.54, 1.807) is 0 Å². The lowest BCUT2D eigenvalue weighted by atomic mass is 10.1. The van der Waals surface area contributed by atoms with Gasteiger partial charge in [-0.05, 0) is 51.4 Å². The maximum absolute atomic E-state index is 12.5. The summed E-state index contributed by atoms with van der Waals surface area (Å²) in [4.78, 5) is 24.8. The number of phosphoric acid groups is 1. The number of carbonyl (C=O) groups excluding carboxylic acids is 1. The lowest BCUT2D eigenvalue weighted by Gasteiger charge is -2.28. The van der Waals surface area contributed by atoms with E-state index in [1.807, 2.05) is 21.1 Å². The van der Waals surface area contributed by atoms with Crippen molar-refractivity contribution >= 4 is 13.8 Å². The standard InChI is InChI=1S/C38H72NO7P/c1-6-8-10-12-14-15-16-17-18-19-20-21-22-23-24-25-26-27-29-31-38(40)46-37(35-43-33-30-28-13-11-9-7-2)36-45-47(41,42)44-34-32-39(3,4)5/h14-15,17-18,20-21,37H,6-13,16,19,22-36H2,1-5H3/b15-14-,18-17-,21-20-. The molecule has 0 radical (unpaired) electrons. The fourth-order valence-electron chi connectivity index (χ4n) is 4.73. The predicted molar refractivity (Wildman–Crippen MR) is 194 cm³/mol. The lowest BCUT2D eigenvalue weighted by molar-refractivity contribution is -0.870. The van der Waals surface area contributed by atoms with Gasteiger partial charge in [-0.1, -0.05) is 121 Å². The maximum atomic E-state index is 12.5. The molecule has 0 heterocycles. The number of hydrogen-bond acceptors (Lipinski definition) is 7. The summed E-state index contributed by atoms with van der Waals surface area (Å²) in [6.45, 7) is 5.30. The number of likely N-dealkylation sites (N-methyl/N-ethyl adjacent to an activating group) is 1. The van der Waals surface area contributed by atoms with E-state index in [1.165, 1.54) is 64.2 Å². The average molecular weight is 686 g/mol. The lowest BCUT2D eigenvalue weighted by Crippen LogP contribution is -2.37. The number of nitrogens with zero attached hydrogens (tertiary/aromatic N) is 1. The second-order valence-electron chi connectivity index (χ2n) is 13.6. The molecule has 276 valence electrons. The Labute approximate surface area is 289 Å². The fraction of sp³-hybridized carbons (Fsp3) is 0.816. The Morgan fingerprint density at radius 1 is 0.660 bits per heavy atom. The molecule has 0 amide bonds. The van der Waals surface area contributed by atoms with Crippen molar-refractivity contribution in [1.29, 1.82) is 0 Å². The molecule has 0 saturated heterocycles. The molecule has 0 aromatic rings. The van der Waals surface area contributed by atoms with E-state index in [-0.39, 0.29) is 25.8 Å². The van der Waals surface area contributed by atoms with Crippen molar-refractivity contribution in [3.63, 3.8) is 0 Å². The molecule has 0 aromatic heterocycles. The predicted octanol–water partition coefficient (Wildman–Crippen LogP) is 9.63. The molecule has 0 bridgehead atoms. The first-order chi connectivity index (χ1) is 22.6. The summed E-state index contributed by atoms with van der Waals surface area (Å²) < 4.78 is 34.2. The van der Waals surface area contributed by atoms with E-state index in [0.29, 0.717) is 24.1 Å². The van der Waals surface area contributed by atoms with Crippen molar-refractivity contribution in [2.75, 3.05) is 54.1 Å². The van der Waals surface area contributed by atoms with E-state index in [2.05, 4.69) is 50.3 Å². The summed E-state index contributed by atoms with van der Waals surface area (Å²) in [6.07, 6.45) is 34.5. The topological polar surface area (TPSA) is 94.1 Å². The van der Waals surface area contributed by atoms with Crippen molar-refractivity contribution < 1.29 is 37.3 Å². The number of carbonyl (C=O) groups is 1. The molecule has 0 rings (SSSR count). The van der Waals surface area contributed by atoms with E-state index in [0.717, 1.165) is 57.8 Å². The first kappa shape index (κ1) is 45.7. The van der Waals surface area contributed by atoms with Gasteiger partial charge in [0.1, 0.15) is 19.3 Å². The van der Waals surface area contributed by atoms with Crippen molar-refractivity contribution in [2.45, 2.75) is 148 Å². The summed E-state index contributed by atoms with van der Waals surface area (Å²) >= 11 is 0. The minimum atomic E-state index is -4.51. The highest BCUT2D eigenvalue weighted by molar-refractivity contribution is 7.45. The highest BCUT2D eigenvalue weighted by Crippen LogP contribution is 2.38. The summed E-state index contributed by atoms with van der Waals surface area (Å²) in [5.41, 5.74) is 0. The fourth-order valence-corrected chi connectivity index (χ4v) is 5.46. The number of esters is 1. The molecule has 0 saturated carbocycles. The highest BCUT2D eigenvalue weighted by Gasteiger charge is 2.20. The molecule has 0 fully saturated rings. The van der Waals surface area contributed by atoms with Crippen molar-refractivity contribution in [1.82, 2.24) is 0 Å². The van der Waals surface area contributed by atoms with Crippen LogP contribution in [0.3, 0.4) is 0 Å². The van der Waals surface area contributed by atoms with Gasteiger partial charge in [-0.3, -0.25) is 9.36 Å². The van der Waals surface area contributed by atoms with Gasteiger partial charge in [0.15, 0.2) is 0 Å². The molecular weight excluding hydrogens is 613 g/mol. The van der Waals surface area contributed by atoms with Gasteiger partial charge in [0.05, 0.1) is 34.4 Å². The zero-order valence-corrected chi connectivity index (χ0v) is 31.9. The number of hydrogen-bond donors (Lipinski definition) is 0. The summed E-state index contributed by atoms with van der Waals surface area (Å²) in [5.74, 6) is -0.351. The molecule has 0 aliphatic heterocycles. The van der Waals surface area contributed by atoms with Gasteiger partial charge >= 0.3 is 5.97 Å². The van der Waals surface area contributed by atoms with Gasteiger partial charge in [0, 0.05) is 13.0 Å². The van der Waals surface area contributed by atoms with Gasteiger partial charge in [0.25, 0.3) is 7.82 Å². The van der Waals surface area contributed by atoms with Gasteiger partial charge in [-0.2, -0.15) is 0 Å². The minimum absolute atomic E-state index is 0.0230. The average Bonchev–Trinajstić information content (AvgIpc) is 3.01. The van der Waals surface area contributed by atoms with Crippen molar-refractivity contribution in [2.24, 2.45) is 0 Å². The summed E-state index contributed by atoms with van der Waals surface area (Å²) in [6, 6.07) is 0. The summed E-state index contributed by atoms with van der Waals surface area (Å²) in [7, 11) is 1.34. The number of rotatable bonds is 34. The van der Waals surface area contributed by atoms with Crippen LogP contribution in [0.1, 0.15) is 142 Å². The number of unbranched alkanes of at least 4 members (excludes halogenated alkanes) is 14. The van der Waals surface area contributed by atoms with E-state index in [9.17, 15) is 14.3 Å². The van der Waals surface area contributed by atoms with E-state index < -0.39 is 13.9 Å². The molecule has 0 aliphatic carbocycles. The second kappa shape index (κ2) is 32.0. The Balaban J connectivity index is 4.20.